The first-order chi connectivity index (χ1) is 11.1. The van der Waals surface area contributed by atoms with Gasteiger partial charge in [0.2, 0.25) is 0 Å². The molecule has 2 rings (SSSR count). The average Bonchev–Trinajstić information content (AvgIpc) is 2.56. The van der Waals surface area contributed by atoms with E-state index in [1.54, 1.807) is 36.4 Å². The van der Waals surface area contributed by atoms with Crippen molar-refractivity contribution >= 4 is 33.5 Å². The fraction of sp³-hybridized carbons (Fsp3) is 0.176. The molecule has 0 aliphatic heterocycles. The number of benzene rings is 2. The average molecular weight is 378 g/mol. The van der Waals surface area contributed by atoms with Gasteiger partial charge in [-0.25, -0.2) is 0 Å². The summed E-state index contributed by atoms with van der Waals surface area (Å²) in [7, 11) is 1.35. The van der Waals surface area contributed by atoms with Crippen molar-refractivity contribution in [1.82, 2.24) is 0 Å². The van der Waals surface area contributed by atoms with Crippen molar-refractivity contribution in [2.45, 2.75) is 6.42 Å². The molecule has 2 aromatic rings. The number of rotatable bonds is 6. The van der Waals surface area contributed by atoms with E-state index in [-0.39, 0.29) is 24.9 Å². The Morgan fingerprint density at radius 3 is 2.30 bits per heavy atom. The molecule has 5 nitrogen and oxygen atoms in total. The minimum Gasteiger partial charge on any atom is -0.484 e. The minimum atomic E-state index is -0.299. The quantitative estimate of drug-likeness (QED) is 0.785. The lowest BCUT2D eigenvalue weighted by Crippen LogP contribution is -2.20. The lowest BCUT2D eigenvalue weighted by atomic mass is 10.1. The largest absolute Gasteiger partial charge is 0.484 e. The molecule has 23 heavy (non-hydrogen) atoms. The van der Waals surface area contributed by atoms with Gasteiger partial charge >= 0.3 is 5.97 Å². The molecule has 0 unspecified atom stereocenters. The molecule has 1 N–H and O–H groups in total. The zero-order valence-corrected chi connectivity index (χ0v) is 14.1. The second kappa shape index (κ2) is 8.33. The van der Waals surface area contributed by atoms with Crippen molar-refractivity contribution in [3.05, 3.63) is 58.6 Å². The number of ether oxygens (including phenoxy) is 2. The smallest absolute Gasteiger partial charge is 0.309 e. The molecule has 0 radical (unpaired) electrons. The van der Waals surface area contributed by atoms with Gasteiger partial charge in [0.25, 0.3) is 5.91 Å². The molecule has 6 heteroatoms. The van der Waals surface area contributed by atoms with Gasteiger partial charge in [-0.05, 0) is 42.0 Å². The summed E-state index contributed by atoms with van der Waals surface area (Å²) >= 11 is 3.33. The third kappa shape index (κ3) is 5.75. The van der Waals surface area contributed by atoms with Gasteiger partial charge in [-0.15, -0.1) is 0 Å². The van der Waals surface area contributed by atoms with Crippen molar-refractivity contribution in [1.29, 1.82) is 0 Å². The predicted molar refractivity (Wildman–Crippen MR) is 90.4 cm³/mol. The Morgan fingerprint density at radius 1 is 1.04 bits per heavy atom. The fourth-order valence-electron chi connectivity index (χ4n) is 1.82. The van der Waals surface area contributed by atoms with Crippen molar-refractivity contribution in [3.8, 4) is 5.75 Å². The first kappa shape index (κ1) is 17.0. The molecule has 1 amide bonds. The summed E-state index contributed by atoms with van der Waals surface area (Å²) in [5.74, 6) is 0.0167. The second-order valence-corrected chi connectivity index (χ2v) is 5.66. The van der Waals surface area contributed by atoms with Crippen LogP contribution in [0.25, 0.3) is 0 Å². The Hall–Kier alpha value is -2.34. The third-order valence-corrected chi connectivity index (χ3v) is 3.53. The van der Waals surface area contributed by atoms with Crippen LogP contribution in [-0.2, 0) is 20.7 Å². The highest BCUT2D eigenvalue weighted by Crippen LogP contribution is 2.15. The molecule has 0 fully saturated rings. The van der Waals surface area contributed by atoms with E-state index in [0.717, 1.165) is 10.0 Å². The molecule has 0 heterocycles. The van der Waals surface area contributed by atoms with Crippen LogP contribution in [0.2, 0.25) is 0 Å². The van der Waals surface area contributed by atoms with Crippen LogP contribution < -0.4 is 10.1 Å². The number of anilines is 1. The summed E-state index contributed by atoms with van der Waals surface area (Å²) in [6.07, 6.45) is 0.209. The van der Waals surface area contributed by atoms with E-state index in [1.807, 2.05) is 12.1 Å². The molecule has 0 bridgehead atoms. The molecule has 0 saturated heterocycles. The van der Waals surface area contributed by atoms with Gasteiger partial charge in [0.15, 0.2) is 6.61 Å². The molecular weight excluding hydrogens is 362 g/mol. The van der Waals surface area contributed by atoms with Crippen LogP contribution in [0.1, 0.15) is 5.56 Å². The topological polar surface area (TPSA) is 64.6 Å². The maximum Gasteiger partial charge on any atom is 0.309 e. The molecule has 0 atom stereocenters. The maximum absolute atomic E-state index is 11.8. The van der Waals surface area contributed by atoms with E-state index in [0.29, 0.717) is 11.4 Å². The SMILES string of the molecule is COC(=O)Cc1ccc(OCC(=O)Nc2ccc(Br)cc2)cc1. The Kier molecular flexibility index (Phi) is 6.17. The molecule has 0 spiro atoms. The lowest BCUT2D eigenvalue weighted by molar-refractivity contribution is -0.139. The van der Waals surface area contributed by atoms with Crippen molar-refractivity contribution in [3.63, 3.8) is 0 Å². The van der Waals surface area contributed by atoms with Crippen LogP contribution in [0, 0.1) is 0 Å². The van der Waals surface area contributed by atoms with Crippen LogP contribution in [-0.4, -0.2) is 25.6 Å². The maximum atomic E-state index is 11.8. The van der Waals surface area contributed by atoms with E-state index in [4.69, 9.17) is 4.74 Å². The highest BCUT2D eigenvalue weighted by molar-refractivity contribution is 9.10. The summed E-state index contributed by atoms with van der Waals surface area (Å²) in [6, 6.07) is 14.2. The lowest BCUT2D eigenvalue weighted by Gasteiger charge is -2.08. The molecule has 0 aliphatic carbocycles. The molecule has 0 aromatic heterocycles. The van der Waals surface area contributed by atoms with E-state index in [1.165, 1.54) is 7.11 Å². The normalized spacial score (nSPS) is 10.0. The second-order valence-electron chi connectivity index (χ2n) is 4.74. The number of esters is 1. The van der Waals surface area contributed by atoms with E-state index >= 15 is 0 Å². The molecule has 0 saturated carbocycles. The molecule has 120 valence electrons. The van der Waals surface area contributed by atoms with Gasteiger partial charge in [-0.2, -0.15) is 0 Å². The zero-order valence-electron chi connectivity index (χ0n) is 12.5. The van der Waals surface area contributed by atoms with Crippen molar-refractivity contribution in [2.24, 2.45) is 0 Å². The van der Waals surface area contributed by atoms with Gasteiger partial charge in [-0.1, -0.05) is 28.1 Å². The number of carbonyl (C=O) groups is 2. The first-order valence-corrected chi connectivity index (χ1v) is 7.70. The van der Waals surface area contributed by atoms with Crippen LogP contribution in [0.3, 0.4) is 0 Å². The monoisotopic (exact) mass is 377 g/mol. The molecule has 2 aromatic carbocycles. The summed E-state index contributed by atoms with van der Waals surface area (Å²) in [6.45, 7) is -0.0909. The number of hydrogen-bond donors (Lipinski definition) is 1. The van der Waals surface area contributed by atoms with Gasteiger partial charge < -0.3 is 14.8 Å². The molecule has 0 aliphatic rings. The van der Waals surface area contributed by atoms with E-state index in [9.17, 15) is 9.59 Å². The Balaban J connectivity index is 1.82. The number of hydrogen-bond acceptors (Lipinski definition) is 4. The van der Waals surface area contributed by atoms with Gasteiger partial charge in [0.05, 0.1) is 13.5 Å². The Morgan fingerprint density at radius 2 is 1.70 bits per heavy atom. The van der Waals surface area contributed by atoms with Crippen LogP contribution in [0.4, 0.5) is 5.69 Å². The summed E-state index contributed by atoms with van der Waals surface area (Å²) in [5.41, 5.74) is 1.53. The number of halogens is 1. The van der Waals surface area contributed by atoms with Gasteiger partial charge in [0, 0.05) is 10.2 Å². The van der Waals surface area contributed by atoms with Crippen LogP contribution in [0.5, 0.6) is 5.75 Å². The summed E-state index contributed by atoms with van der Waals surface area (Å²) < 4.78 is 11.0. The Labute approximate surface area is 142 Å². The van der Waals surface area contributed by atoms with Crippen molar-refractivity contribution in [2.75, 3.05) is 19.0 Å². The number of amides is 1. The summed E-state index contributed by atoms with van der Waals surface area (Å²) in [5, 5.41) is 2.74. The fourth-order valence-corrected chi connectivity index (χ4v) is 2.09. The van der Waals surface area contributed by atoms with Crippen LogP contribution in [0.15, 0.2) is 53.0 Å². The van der Waals surface area contributed by atoms with Gasteiger partial charge in [0.1, 0.15) is 5.75 Å². The van der Waals surface area contributed by atoms with Crippen molar-refractivity contribution < 1.29 is 19.1 Å². The van der Waals surface area contributed by atoms with Gasteiger partial charge in [-0.3, -0.25) is 9.59 Å². The van der Waals surface area contributed by atoms with E-state index < -0.39 is 0 Å². The molecular formula is C17H16BrNO4. The number of methoxy groups -OCH3 is 1. The number of nitrogens with one attached hydrogen (secondary N) is 1. The first-order valence-electron chi connectivity index (χ1n) is 6.91. The summed E-state index contributed by atoms with van der Waals surface area (Å²) in [4.78, 5) is 23.0. The van der Waals surface area contributed by atoms with E-state index in [2.05, 4.69) is 26.0 Å². The number of carbonyl (C=O) groups excluding carboxylic acids is 2. The zero-order chi connectivity index (χ0) is 16.7. The minimum absolute atomic E-state index is 0.0909. The highest BCUT2D eigenvalue weighted by atomic mass is 79.9. The third-order valence-electron chi connectivity index (χ3n) is 3.00. The Bertz CT molecular complexity index is 668. The van der Waals surface area contributed by atoms with Crippen LogP contribution >= 0.6 is 15.9 Å². The standard InChI is InChI=1S/C17H16BrNO4/c1-22-17(21)10-12-2-8-15(9-3-12)23-11-16(20)19-14-6-4-13(18)5-7-14/h2-9H,10-11H2,1H3,(H,19,20). The highest BCUT2D eigenvalue weighted by Gasteiger charge is 2.05. The predicted octanol–water partition coefficient (Wildman–Crippen LogP) is 3.18.